The minimum Gasteiger partial charge on any atom is -0.294 e. The molecule has 0 spiro atoms. The van der Waals surface area contributed by atoms with Gasteiger partial charge in [-0.3, -0.25) is 4.79 Å². The number of carbonyl (C=O) groups excluding carboxylic acids is 1. The number of rotatable bonds is 4. The monoisotopic (exact) mass is 310 g/mol. The highest BCUT2D eigenvalue weighted by atomic mass is 79.9. The first-order chi connectivity index (χ1) is 8.25. The van der Waals surface area contributed by atoms with Crippen LogP contribution in [0.5, 0.6) is 0 Å². The summed E-state index contributed by atoms with van der Waals surface area (Å²) in [6.45, 7) is 0. The van der Waals surface area contributed by atoms with Crippen LogP contribution in [0.1, 0.15) is 25.7 Å². The van der Waals surface area contributed by atoms with Crippen molar-refractivity contribution in [3.05, 3.63) is 40.4 Å². The summed E-state index contributed by atoms with van der Waals surface area (Å²) in [5, 5.41) is 0. The van der Waals surface area contributed by atoms with E-state index in [1.165, 1.54) is 12.8 Å². The molecule has 0 atom stereocenters. The van der Waals surface area contributed by atoms with Crippen molar-refractivity contribution in [3.8, 4) is 0 Å². The third-order valence-corrected chi connectivity index (χ3v) is 4.30. The first-order valence-corrected chi connectivity index (χ1v) is 7.64. The quantitative estimate of drug-likeness (QED) is 0.755. The highest BCUT2D eigenvalue weighted by Gasteiger charge is 2.12. The summed E-state index contributed by atoms with van der Waals surface area (Å²) in [5.41, 5.74) is 1.04. The van der Waals surface area contributed by atoms with Crippen LogP contribution in [-0.2, 0) is 4.79 Å². The molecule has 0 saturated carbocycles. The van der Waals surface area contributed by atoms with Crippen molar-refractivity contribution < 1.29 is 4.79 Å². The van der Waals surface area contributed by atoms with Crippen LogP contribution in [0.25, 0.3) is 0 Å². The maximum Gasteiger partial charge on any atom is 0.168 e. The van der Waals surface area contributed by atoms with Gasteiger partial charge in [0.15, 0.2) is 5.78 Å². The van der Waals surface area contributed by atoms with Gasteiger partial charge in [-0.15, -0.1) is 11.8 Å². The molecular weight excluding hydrogens is 296 g/mol. The Morgan fingerprint density at radius 1 is 1.35 bits per heavy atom. The van der Waals surface area contributed by atoms with E-state index in [1.807, 2.05) is 24.3 Å². The molecule has 0 heterocycles. The van der Waals surface area contributed by atoms with Gasteiger partial charge in [-0.1, -0.05) is 28.1 Å². The zero-order chi connectivity index (χ0) is 12.1. The second kappa shape index (κ2) is 6.41. The van der Waals surface area contributed by atoms with E-state index in [0.717, 1.165) is 27.8 Å². The summed E-state index contributed by atoms with van der Waals surface area (Å²) in [7, 11) is 0. The molecule has 1 nitrogen and oxygen atoms in total. The average molecular weight is 311 g/mol. The summed E-state index contributed by atoms with van der Waals surface area (Å²) >= 11 is 5.05. The molecule has 2 rings (SSSR count). The Morgan fingerprint density at radius 2 is 2.24 bits per heavy atom. The van der Waals surface area contributed by atoms with Crippen molar-refractivity contribution in [2.75, 3.05) is 5.75 Å². The molecule has 0 radical (unpaired) electrons. The van der Waals surface area contributed by atoms with Gasteiger partial charge in [-0.2, -0.15) is 0 Å². The molecule has 0 amide bonds. The predicted octanol–water partition coefficient (Wildman–Crippen LogP) is 4.61. The molecule has 90 valence electrons. The number of carbonyl (C=O) groups is 1. The molecule has 0 N–H and O–H groups in total. The Hall–Kier alpha value is -0.540. The number of Topliss-reactive ketones (excluding diaryl/α,β-unsaturated/α-hetero) is 1. The summed E-state index contributed by atoms with van der Waals surface area (Å²) in [6, 6.07) is 8.08. The van der Waals surface area contributed by atoms with Gasteiger partial charge >= 0.3 is 0 Å². The van der Waals surface area contributed by atoms with Crippen LogP contribution in [0, 0.1) is 0 Å². The van der Waals surface area contributed by atoms with E-state index in [1.54, 1.807) is 11.8 Å². The number of ketones is 1. The first-order valence-electron chi connectivity index (χ1n) is 5.86. The Balaban J connectivity index is 1.89. The van der Waals surface area contributed by atoms with Crippen LogP contribution >= 0.6 is 27.7 Å². The lowest BCUT2D eigenvalue weighted by Gasteiger charge is -2.11. The number of hydrogen-bond acceptors (Lipinski definition) is 2. The second-order valence-corrected chi connectivity index (χ2v) is 6.11. The van der Waals surface area contributed by atoms with Crippen LogP contribution in [0.4, 0.5) is 0 Å². The smallest absolute Gasteiger partial charge is 0.168 e. The summed E-state index contributed by atoms with van der Waals surface area (Å²) < 4.78 is 1.06. The van der Waals surface area contributed by atoms with Crippen molar-refractivity contribution in [2.24, 2.45) is 0 Å². The summed E-state index contributed by atoms with van der Waals surface area (Å²) in [4.78, 5) is 13.1. The number of benzene rings is 1. The zero-order valence-corrected chi connectivity index (χ0v) is 12.0. The SMILES string of the molecule is O=C(CSc1cccc(Br)c1)C1=CCCCC1. The molecule has 0 aliphatic heterocycles. The first kappa shape index (κ1) is 12.9. The minimum absolute atomic E-state index is 0.301. The third kappa shape index (κ3) is 4.00. The number of thioether (sulfide) groups is 1. The minimum atomic E-state index is 0.301. The van der Waals surface area contributed by atoms with E-state index < -0.39 is 0 Å². The molecule has 1 aromatic rings. The maximum absolute atomic E-state index is 12.0. The largest absolute Gasteiger partial charge is 0.294 e. The Kier molecular flexibility index (Phi) is 4.86. The average Bonchev–Trinajstić information content (AvgIpc) is 2.37. The highest BCUT2D eigenvalue weighted by molar-refractivity contribution is 9.10. The normalized spacial score (nSPS) is 15.5. The number of allylic oxidation sites excluding steroid dienone is 2. The molecule has 0 bridgehead atoms. The highest BCUT2D eigenvalue weighted by Crippen LogP contribution is 2.25. The van der Waals surface area contributed by atoms with Crippen molar-refractivity contribution in [3.63, 3.8) is 0 Å². The molecule has 0 aromatic heterocycles. The van der Waals surface area contributed by atoms with Gasteiger partial charge in [0.2, 0.25) is 0 Å². The van der Waals surface area contributed by atoms with Gasteiger partial charge in [0, 0.05) is 9.37 Å². The van der Waals surface area contributed by atoms with E-state index in [0.29, 0.717) is 11.5 Å². The Morgan fingerprint density at radius 3 is 2.94 bits per heavy atom. The van der Waals surface area contributed by atoms with Crippen LogP contribution < -0.4 is 0 Å². The fourth-order valence-electron chi connectivity index (χ4n) is 1.89. The van der Waals surface area contributed by atoms with Gasteiger partial charge in [0.1, 0.15) is 0 Å². The maximum atomic E-state index is 12.0. The van der Waals surface area contributed by atoms with Gasteiger partial charge in [-0.25, -0.2) is 0 Å². The zero-order valence-electron chi connectivity index (χ0n) is 9.62. The van der Waals surface area contributed by atoms with Crippen LogP contribution in [0.2, 0.25) is 0 Å². The van der Waals surface area contributed by atoms with Gasteiger partial charge < -0.3 is 0 Å². The fourth-order valence-corrected chi connectivity index (χ4v) is 3.31. The van der Waals surface area contributed by atoms with Gasteiger partial charge in [0.05, 0.1) is 5.75 Å². The molecule has 1 aromatic carbocycles. The van der Waals surface area contributed by atoms with Crippen LogP contribution in [-0.4, -0.2) is 11.5 Å². The van der Waals surface area contributed by atoms with E-state index in [9.17, 15) is 4.79 Å². The van der Waals surface area contributed by atoms with Gasteiger partial charge in [0.25, 0.3) is 0 Å². The second-order valence-electron chi connectivity index (χ2n) is 4.14. The Labute approximate surface area is 115 Å². The molecule has 17 heavy (non-hydrogen) atoms. The van der Waals surface area contributed by atoms with E-state index in [4.69, 9.17) is 0 Å². The molecular formula is C14H15BrOS. The molecule has 0 unspecified atom stereocenters. The lowest BCUT2D eigenvalue weighted by atomic mass is 9.97. The van der Waals surface area contributed by atoms with Gasteiger partial charge in [-0.05, 0) is 49.5 Å². The molecule has 1 aliphatic carbocycles. The number of hydrogen-bond donors (Lipinski definition) is 0. The molecule has 0 fully saturated rings. The molecule has 3 heteroatoms. The third-order valence-electron chi connectivity index (χ3n) is 2.82. The fraction of sp³-hybridized carbons (Fsp3) is 0.357. The molecule has 0 saturated heterocycles. The predicted molar refractivity (Wildman–Crippen MR) is 76.4 cm³/mol. The van der Waals surface area contributed by atoms with Crippen LogP contribution in [0.3, 0.4) is 0 Å². The van der Waals surface area contributed by atoms with E-state index >= 15 is 0 Å². The number of halogens is 1. The Bertz CT molecular complexity index is 440. The van der Waals surface area contributed by atoms with E-state index in [2.05, 4.69) is 22.0 Å². The van der Waals surface area contributed by atoms with Crippen molar-refractivity contribution in [1.29, 1.82) is 0 Å². The summed E-state index contributed by atoms with van der Waals surface area (Å²) in [6.07, 6.45) is 6.56. The van der Waals surface area contributed by atoms with E-state index in [-0.39, 0.29) is 0 Å². The topological polar surface area (TPSA) is 17.1 Å². The lowest BCUT2D eigenvalue weighted by Crippen LogP contribution is -2.08. The van der Waals surface area contributed by atoms with Crippen molar-refractivity contribution in [1.82, 2.24) is 0 Å². The molecule has 1 aliphatic rings. The lowest BCUT2D eigenvalue weighted by molar-refractivity contribution is -0.113. The summed E-state index contributed by atoms with van der Waals surface area (Å²) in [5.74, 6) is 0.858. The van der Waals surface area contributed by atoms with Crippen LogP contribution in [0.15, 0.2) is 45.3 Å². The standard InChI is InChI=1S/C14H15BrOS/c15-12-7-4-8-13(9-12)17-10-14(16)11-5-2-1-3-6-11/h4-5,7-9H,1-3,6,10H2. The van der Waals surface area contributed by atoms with Crippen molar-refractivity contribution >= 4 is 33.5 Å². The van der Waals surface area contributed by atoms with Crippen molar-refractivity contribution in [2.45, 2.75) is 30.6 Å².